The van der Waals surface area contributed by atoms with Crippen molar-refractivity contribution in [2.45, 2.75) is 24.5 Å². The summed E-state index contributed by atoms with van der Waals surface area (Å²) in [6.07, 6.45) is -4.62. The minimum atomic E-state index is -1.29. The van der Waals surface area contributed by atoms with Crippen LogP contribution in [0, 0.1) is 0 Å². The number of guanidine groups is 1. The molecule has 0 aromatic rings. The number of hydrogen-bond acceptors (Lipinski definition) is 6. The molecule has 1 aliphatic rings. The number of hydrazone groups is 1. The first-order valence-electron chi connectivity index (χ1n) is 4.02. The maximum Gasteiger partial charge on any atom is 0.208 e. The van der Waals surface area contributed by atoms with Gasteiger partial charge in [-0.3, -0.25) is 5.43 Å². The molecule has 0 aliphatic carbocycles. The fourth-order valence-corrected chi connectivity index (χ4v) is 1.06. The molecule has 0 unspecified atom stereocenters. The SMILES string of the molecule is NC(N)=NN[C@@H]1OC[C@@H](O)[C@@H](O)[C@@H]1O. The normalized spacial score (nSPS) is 37.6. The van der Waals surface area contributed by atoms with E-state index in [9.17, 15) is 10.2 Å². The Bertz CT molecular complexity index is 220. The van der Waals surface area contributed by atoms with E-state index in [4.69, 9.17) is 21.3 Å². The molecule has 4 atom stereocenters. The van der Waals surface area contributed by atoms with Crippen molar-refractivity contribution in [3.05, 3.63) is 0 Å². The molecule has 8 nitrogen and oxygen atoms in total. The van der Waals surface area contributed by atoms with Crippen molar-refractivity contribution in [1.82, 2.24) is 5.43 Å². The Morgan fingerprint density at radius 3 is 2.50 bits per heavy atom. The number of nitrogens with one attached hydrogen (secondary N) is 1. The van der Waals surface area contributed by atoms with Gasteiger partial charge < -0.3 is 31.5 Å². The van der Waals surface area contributed by atoms with Gasteiger partial charge in [0.15, 0.2) is 6.23 Å². The molecule has 0 radical (unpaired) electrons. The summed E-state index contributed by atoms with van der Waals surface area (Å²) >= 11 is 0. The van der Waals surface area contributed by atoms with E-state index in [1.54, 1.807) is 0 Å². The van der Waals surface area contributed by atoms with Gasteiger partial charge in [0.1, 0.15) is 18.3 Å². The number of hydrogen-bond donors (Lipinski definition) is 6. The second kappa shape index (κ2) is 4.42. The van der Waals surface area contributed by atoms with Gasteiger partial charge in [0.05, 0.1) is 6.61 Å². The molecule has 0 saturated carbocycles. The number of nitrogens with zero attached hydrogens (tertiary/aromatic N) is 1. The van der Waals surface area contributed by atoms with Crippen LogP contribution in [0.25, 0.3) is 0 Å². The predicted molar refractivity (Wildman–Crippen MR) is 46.7 cm³/mol. The van der Waals surface area contributed by atoms with Gasteiger partial charge in [-0.1, -0.05) is 0 Å². The lowest BCUT2D eigenvalue weighted by atomic mass is 10.1. The maximum atomic E-state index is 9.37. The maximum absolute atomic E-state index is 9.37. The van der Waals surface area contributed by atoms with Crippen LogP contribution in [0.1, 0.15) is 0 Å². The summed E-state index contributed by atoms with van der Waals surface area (Å²) in [5.41, 5.74) is 12.4. The number of nitrogens with two attached hydrogens (primary N) is 2. The van der Waals surface area contributed by atoms with Gasteiger partial charge >= 0.3 is 0 Å². The molecule has 1 heterocycles. The van der Waals surface area contributed by atoms with Crippen molar-refractivity contribution in [1.29, 1.82) is 0 Å². The monoisotopic (exact) mass is 206 g/mol. The lowest BCUT2D eigenvalue weighted by Crippen LogP contribution is -2.57. The molecule has 0 aromatic carbocycles. The minimum absolute atomic E-state index is 0.101. The van der Waals surface area contributed by atoms with Crippen LogP contribution in [-0.4, -0.2) is 52.4 Å². The molecule has 14 heavy (non-hydrogen) atoms. The molecule has 8 heteroatoms. The van der Waals surface area contributed by atoms with Crippen LogP contribution in [0.5, 0.6) is 0 Å². The topological polar surface area (TPSA) is 146 Å². The minimum Gasteiger partial charge on any atom is -0.388 e. The van der Waals surface area contributed by atoms with Crippen LogP contribution in [0.15, 0.2) is 5.10 Å². The standard InChI is InChI=1S/C6H14N4O4/c7-6(8)10-9-5-4(13)3(12)2(11)1-14-5/h2-5,9,11-13H,1H2,(H4,7,8,10)/t2-,3-,4+,5-/m1/s1. The molecule has 0 spiro atoms. The van der Waals surface area contributed by atoms with Crippen molar-refractivity contribution >= 4 is 5.96 Å². The van der Waals surface area contributed by atoms with Crippen LogP contribution in [0.3, 0.4) is 0 Å². The first kappa shape index (κ1) is 11.0. The highest BCUT2D eigenvalue weighted by atomic mass is 16.5. The van der Waals surface area contributed by atoms with Gasteiger partial charge in [-0.05, 0) is 0 Å². The highest BCUT2D eigenvalue weighted by Crippen LogP contribution is 2.13. The summed E-state index contributed by atoms with van der Waals surface area (Å²) in [7, 11) is 0. The zero-order valence-corrected chi connectivity index (χ0v) is 7.37. The van der Waals surface area contributed by atoms with Crippen LogP contribution in [0.4, 0.5) is 0 Å². The molecular formula is C6H14N4O4. The molecule has 1 fully saturated rings. The van der Waals surface area contributed by atoms with E-state index in [2.05, 4.69) is 10.5 Å². The van der Waals surface area contributed by atoms with Crippen molar-refractivity contribution in [2.24, 2.45) is 16.6 Å². The molecular weight excluding hydrogens is 192 g/mol. The van der Waals surface area contributed by atoms with Gasteiger partial charge in [-0.25, -0.2) is 0 Å². The first-order chi connectivity index (χ1) is 6.52. The van der Waals surface area contributed by atoms with E-state index < -0.39 is 24.5 Å². The fraction of sp³-hybridized carbons (Fsp3) is 0.833. The van der Waals surface area contributed by atoms with Crippen LogP contribution < -0.4 is 16.9 Å². The van der Waals surface area contributed by atoms with E-state index in [0.29, 0.717) is 0 Å². The highest BCUT2D eigenvalue weighted by molar-refractivity contribution is 5.75. The fourth-order valence-electron chi connectivity index (χ4n) is 1.06. The lowest BCUT2D eigenvalue weighted by molar-refractivity contribution is -0.195. The summed E-state index contributed by atoms with van der Waals surface area (Å²) in [5.74, 6) is -0.221. The summed E-state index contributed by atoms with van der Waals surface area (Å²) in [6, 6.07) is 0. The Hall–Kier alpha value is -1.09. The zero-order chi connectivity index (χ0) is 10.7. The number of rotatable bonds is 2. The number of ether oxygens (including phenoxy) is 1. The van der Waals surface area contributed by atoms with E-state index in [1.165, 1.54) is 0 Å². The lowest BCUT2D eigenvalue weighted by Gasteiger charge is -2.34. The van der Waals surface area contributed by atoms with Crippen molar-refractivity contribution < 1.29 is 20.1 Å². The third-order valence-electron chi connectivity index (χ3n) is 1.82. The first-order valence-corrected chi connectivity index (χ1v) is 4.02. The number of aliphatic hydroxyl groups excluding tert-OH is 3. The third-order valence-corrected chi connectivity index (χ3v) is 1.82. The van der Waals surface area contributed by atoms with Gasteiger partial charge in [0, 0.05) is 0 Å². The Balaban J connectivity index is 2.51. The molecule has 0 amide bonds. The van der Waals surface area contributed by atoms with Gasteiger partial charge in [-0.2, -0.15) is 0 Å². The van der Waals surface area contributed by atoms with Crippen molar-refractivity contribution in [2.75, 3.05) is 6.61 Å². The summed E-state index contributed by atoms with van der Waals surface area (Å²) < 4.78 is 4.93. The average molecular weight is 206 g/mol. The van der Waals surface area contributed by atoms with E-state index in [0.717, 1.165) is 0 Å². The van der Waals surface area contributed by atoms with Crippen LogP contribution in [-0.2, 0) is 4.74 Å². The van der Waals surface area contributed by atoms with Crippen molar-refractivity contribution in [3.63, 3.8) is 0 Å². The Morgan fingerprint density at radius 1 is 1.29 bits per heavy atom. The summed E-state index contributed by atoms with van der Waals surface area (Å²) in [4.78, 5) is 0. The third kappa shape index (κ3) is 2.45. The Kier molecular flexibility index (Phi) is 3.47. The van der Waals surface area contributed by atoms with Crippen LogP contribution in [0.2, 0.25) is 0 Å². The summed E-state index contributed by atoms with van der Waals surface area (Å²) in [5, 5.41) is 31.1. The molecule has 1 saturated heterocycles. The van der Waals surface area contributed by atoms with E-state index in [1.807, 2.05) is 0 Å². The molecule has 82 valence electrons. The smallest absolute Gasteiger partial charge is 0.208 e. The average Bonchev–Trinajstić information content (AvgIpc) is 2.13. The Morgan fingerprint density at radius 2 is 1.93 bits per heavy atom. The highest BCUT2D eigenvalue weighted by Gasteiger charge is 2.37. The molecule has 0 aromatic heterocycles. The van der Waals surface area contributed by atoms with E-state index in [-0.39, 0.29) is 12.6 Å². The summed E-state index contributed by atoms with van der Waals surface area (Å²) in [6.45, 7) is -0.101. The predicted octanol–water partition coefficient (Wildman–Crippen LogP) is -3.80. The van der Waals surface area contributed by atoms with Gasteiger partial charge in [0.25, 0.3) is 0 Å². The van der Waals surface area contributed by atoms with Crippen molar-refractivity contribution in [3.8, 4) is 0 Å². The quantitative estimate of drug-likeness (QED) is 0.154. The van der Waals surface area contributed by atoms with Gasteiger partial charge in [0.2, 0.25) is 5.96 Å². The molecule has 0 bridgehead atoms. The molecule has 8 N–H and O–H groups in total. The van der Waals surface area contributed by atoms with Gasteiger partial charge in [-0.15, -0.1) is 5.10 Å². The number of aliphatic hydroxyl groups is 3. The van der Waals surface area contributed by atoms with Crippen LogP contribution >= 0.6 is 0 Å². The Labute approximate surface area is 80.1 Å². The second-order valence-electron chi connectivity index (χ2n) is 2.97. The zero-order valence-electron chi connectivity index (χ0n) is 7.37. The molecule has 1 aliphatic heterocycles. The molecule has 1 rings (SSSR count). The largest absolute Gasteiger partial charge is 0.388 e. The second-order valence-corrected chi connectivity index (χ2v) is 2.97. The van der Waals surface area contributed by atoms with E-state index >= 15 is 0 Å².